The summed E-state index contributed by atoms with van der Waals surface area (Å²) in [5, 5.41) is 4.44. The molecule has 2 heteroatoms. The van der Waals surface area contributed by atoms with Gasteiger partial charge < -0.3 is 5.32 Å². The van der Waals surface area contributed by atoms with Crippen LogP contribution < -0.4 is 5.32 Å². The average molecular weight is 238 g/mol. The van der Waals surface area contributed by atoms with Crippen LogP contribution in [0.3, 0.4) is 0 Å². The summed E-state index contributed by atoms with van der Waals surface area (Å²) in [6, 6.07) is 6.92. The van der Waals surface area contributed by atoms with E-state index >= 15 is 0 Å². The number of hydrogen-bond donors (Lipinski definition) is 1. The lowest BCUT2D eigenvalue weighted by molar-refractivity contribution is 0.487. The van der Waals surface area contributed by atoms with Crippen LogP contribution in [-0.2, 0) is 0 Å². The topological polar surface area (TPSA) is 12.0 Å². The molecule has 1 aromatic carbocycles. The van der Waals surface area contributed by atoms with E-state index in [4.69, 9.17) is 11.6 Å². The molecule has 88 valence electrons. The van der Waals surface area contributed by atoms with E-state index in [0.717, 1.165) is 23.0 Å². The van der Waals surface area contributed by atoms with E-state index in [1.54, 1.807) is 0 Å². The highest BCUT2D eigenvalue weighted by molar-refractivity contribution is 6.31. The molecular weight excluding hydrogens is 218 g/mol. The molecular formula is C14H20ClN. The van der Waals surface area contributed by atoms with Gasteiger partial charge in [-0.3, -0.25) is 0 Å². The number of nitrogens with one attached hydrogen (secondary N) is 1. The predicted octanol–water partition coefficient (Wildman–Crippen LogP) is 4.10. The normalized spacial score (nSPS) is 17.4. The first-order valence-electron chi connectivity index (χ1n) is 6.20. The van der Waals surface area contributed by atoms with Crippen LogP contribution in [0.1, 0.15) is 43.4 Å². The van der Waals surface area contributed by atoms with Gasteiger partial charge in [-0.1, -0.05) is 43.5 Å². The zero-order valence-corrected chi connectivity index (χ0v) is 10.8. The van der Waals surface area contributed by atoms with Crippen LogP contribution >= 0.6 is 11.6 Å². The summed E-state index contributed by atoms with van der Waals surface area (Å²) in [6.07, 6.45) is 4.07. The molecule has 1 aromatic rings. The Morgan fingerprint density at radius 1 is 1.44 bits per heavy atom. The molecule has 0 bridgehead atoms. The zero-order chi connectivity index (χ0) is 11.5. The number of rotatable bonds is 5. The first kappa shape index (κ1) is 11.9. The second-order valence-corrected chi connectivity index (χ2v) is 5.21. The van der Waals surface area contributed by atoms with Gasteiger partial charge in [-0.05, 0) is 43.0 Å². The van der Waals surface area contributed by atoms with Crippen molar-refractivity contribution in [3.63, 3.8) is 0 Å². The molecule has 0 saturated heterocycles. The van der Waals surface area contributed by atoms with Crippen molar-refractivity contribution in [2.24, 2.45) is 5.92 Å². The Kier molecular flexibility index (Phi) is 3.88. The minimum absolute atomic E-state index is 0.482. The molecule has 16 heavy (non-hydrogen) atoms. The standard InChI is InChI=1S/C14H20ClN/c1-3-16-14(8-11-5-6-11)12-7-4-10(2)13(15)9-12/h4,7,9,11,14,16H,3,5-6,8H2,1-2H3. The molecule has 1 N–H and O–H groups in total. The maximum Gasteiger partial charge on any atom is 0.0438 e. The van der Waals surface area contributed by atoms with Crippen LogP contribution in [0.4, 0.5) is 0 Å². The van der Waals surface area contributed by atoms with Crippen LogP contribution in [0, 0.1) is 12.8 Å². The number of halogens is 1. The second-order valence-electron chi connectivity index (χ2n) is 4.80. The molecule has 1 fully saturated rings. The Labute approximate surface area is 103 Å². The fraction of sp³-hybridized carbons (Fsp3) is 0.571. The van der Waals surface area contributed by atoms with Crippen LogP contribution in [0.15, 0.2) is 18.2 Å². The molecule has 0 aromatic heterocycles. The van der Waals surface area contributed by atoms with E-state index in [-0.39, 0.29) is 0 Å². The smallest absolute Gasteiger partial charge is 0.0438 e. The molecule has 1 atom stereocenters. The first-order valence-corrected chi connectivity index (χ1v) is 6.58. The van der Waals surface area contributed by atoms with Crippen molar-refractivity contribution in [1.29, 1.82) is 0 Å². The van der Waals surface area contributed by atoms with E-state index in [1.807, 2.05) is 0 Å². The third-order valence-electron chi connectivity index (χ3n) is 3.31. The maximum atomic E-state index is 6.18. The third-order valence-corrected chi connectivity index (χ3v) is 3.72. The van der Waals surface area contributed by atoms with Crippen molar-refractivity contribution in [3.05, 3.63) is 34.3 Å². The minimum atomic E-state index is 0.482. The molecule has 1 aliphatic rings. The zero-order valence-electron chi connectivity index (χ0n) is 10.1. The van der Waals surface area contributed by atoms with Gasteiger partial charge >= 0.3 is 0 Å². The summed E-state index contributed by atoms with van der Waals surface area (Å²) in [5.41, 5.74) is 2.50. The van der Waals surface area contributed by atoms with Gasteiger partial charge in [0.2, 0.25) is 0 Å². The Morgan fingerprint density at radius 3 is 2.75 bits per heavy atom. The first-order chi connectivity index (χ1) is 7.70. The average Bonchev–Trinajstić information content (AvgIpc) is 3.05. The highest BCUT2D eigenvalue weighted by atomic mass is 35.5. The monoisotopic (exact) mass is 237 g/mol. The summed E-state index contributed by atoms with van der Waals surface area (Å²) in [6.45, 7) is 5.23. The number of benzene rings is 1. The SMILES string of the molecule is CCNC(CC1CC1)c1ccc(C)c(Cl)c1. The fourth-order valence-corrected chi connectivity index (χ4v) is 2.29. The molecule has 0 aliphatic heterocycles. The molecule has 1 saturated carbocycles. The summed E-state index contributed by atoms with van der Waals surface area (Å²) in [7, 11) is 0. The van der Waals surface area contributed by atoms with E-state index in [9.17, 15) is 0 Å². The van der Waals surface area contributed by atoms with Gasteiger partial charge in [0.15, 0.2) is 0 Å². The molecule has 0 heterocycles. The Morgan fingerprint density at radius 2 is 2.19 bits per heavy atom. The predicted molar refractivity (Wildman–Crippen MR) is 69.9 cm³/mol. The largest absolute Gasteiger partial charge is 0.310 e. The summed E-state index contributed by atoms with van der Waals surface area (Å²) in [5.74, 6) is 0.934. The minimum Gasteiger partial charge on any atom is -0.310 e. The fourth-order valence-electron chi connectivity index (χ4n) is 2.10. The van der Waals surface area contributed by atoms with E-state index in [0.29, 0.717) is 6.04 Å². The van der Waals surface area contributed by atoms with Crippen LogP contribution in [0.5, 0.6) is 0 Å². The summed E-state index contributed by atoms with van der Waals surface area (Å²) in [4.78, 5) is 0. The van der Waals surface area contributed by atoms with E-state index in [2.05, 4.69) is 37.4 Å². The molecule has 0 amide bonds. The molecule has 1 aliphatic carbocycles. The van der Waals surface area contributed by atoms with Crippen molar-refractivity contribution in [3.8, 4) is 0 Å². The lowest BCUT2D eigenvalue weighted by Crippen LogP contribution is -2.21. The highest BCUT2D eigenvalue weighted by Crippen LogP contribution is 2.38. The van der Waals surface area contributed by atoms with Gasteiger partial charge in [0.05, 0.1) is 0 Å². The van der Waals surface area contributed by atoms with Crippen molar-refractivity contribution >= 4 is 11.6 Å². The quantitative estimate of drug-likeness (QED) is 0.813. The molecule has 1 nitrogen and oxygen atoms in total. The van der Waals surface area contributed by atoms with E-state index < -0.39 is 0 Å². The highest BCUT2D eigenvalue weighted by Gasteiger charge is 2.25. The van der Waals surface area contributed by atoms with Gasteiger partial charge in [0.1, 0.15) is 0 Å². The maximum absolute atomic E-state index is 6.18. The second kappa shape index (κ2) is 5.20. The lowest BCUT2D eigenvalue weighted by atomic mass is 10.00. The Hall–Kier alpha value is -0.530. The van der Waals surface area contributed by atoms with Crippen LogP contribution in [0.25, 0.3) is 0 Å². The van der Waals surface area contributed by atoms with Gasteiger partial charge in [0, 0.05) is 11.1 Å². The lowest BCUT2D eigenvalue weighted by Gasteiger charge is -2.18. The van der Waals surface area contributed by atoms with Gasteiger partial charge in [-0.2, -0.15) is 0 Å². The van der Waals surface area contributed by atoms with Crippen molar-refractivity contribution < 1.29 is 0 Å². The van der Waals surface area contributed by atoms with Gasteiger partial charge in [0.25, 0.3) is 0 Å². The van der Waals surface area contributed by atoms with Crippen molar-refractivity contribution in [2.75, 3.05) is 6.54 Å². The summed E-state index contributed by atoms with van der Waals surface area (Å²) < 4.78 is 0. The molecule has 0 spiro atoms. The molecule has 0 radical (unpaired) electrons. The van der Waals surface area contributed by atoms with E-state index in [1.165, 1.54) is 24.8 Å². The molecule has 1 unspecified atom stereocenters. The number of aryl methyl sites for hydroxylation is 1. The van der Waals surface area contributed by atoms with Crippen molar-refractivity contribution in [2.45, 2.75) is 39.2 Å². The molecule has 2 rings (SSSR count). The Balaban J connectivity index is 2.12. The third kappa shape index (κ3) is 2.99. The number of hydrogen-bond acceptors (Lipinski definition) is 1. The van der Waals surface area contributed by atoms with Gasteiger partial charge in [-0.15, -0.1) is 0 Å². The van der Waals surface area contributed by atoms with Crippen LogP contribution in [0.2, 0.25) is 5.02 Å². The van der Waals surface area contributed by atoms with Crippen LogP contribution in [-0.4, -0.2) is 6.54 Å². The summed E-state index contributed by atoms with van der Waals surface area (Å²) >= 11 is 6.18. The Bertz CT molecular complexity index is 358. The van der Waals surface area contributed by atoms with Crippen molar-refractivity contribution in [1.82, 2.24) is 5.32 Å². The van der Waals surface area contributed by atoms with Gasteiger partial charge in [-0.25, -0.2) is 0 Å².